The number of aryl methyl sites for hydroxylation is 2. The van der Waals surface area contributed by atoms with Gasteiger partial charge >= 0.3 is 0 Å². The molecule has 19 heavy (non-hydrogen) atoms. The lowest BCUT2D eigenvalue weighted by molar-refractivity contribution is -0.120. The quantitative estimate of drug-likeness (QED) is 0.805. The van der Waals surface area contributed by atoms with Crippen LogP contribution in [-0.2, 0) is 24.2 Å². The van der Waals surface area contributed by atoms with Crippen LogP contribution in [0.15, 0.2) is 6.07 Å². The highest BCUT2D eigenvalue weighted by atomic mass is 16.1. The average Bonchev–Trinajstić information content (AvgIpc) is 2.77. The average molecular weight is 260 g/mol. The van der Waals surface area contributed by atoms with Crippen LogP contribution in [-0.4, -0.2) is 30.5 Å². The van der Waals surface area contributed by atoms with E-state index < -0.39 is 0 Å². The van der Waals surface area contributed by atoms with Gasteiger partial charge in [0, 0.05) is 43.9 Å². The van der Waals surface area contributed by atoms with Crippen LogP contribution in [0, 0.1) is 0 Å². The molecule has 0 radical (unpaired) electrons. The van der Waals surface area contributed by atoms with E-state index >= 15 is 0 Å². The predicted molar refractivity (Wildman–Crippen MR) is 74.0 cm³/mol. The van der Waals surface area contributed by atoms with Crippen LogP contribution in [0.4, 0.5) is 5.82 Å². The van der Waals surface area contributed by atoms with Gasteiger partial charge in [0.25, 0.3) is 0 Å². The number of pyridine rings is 1. The van der Waals surface area contributed by atoms with Crippen molar-refractivity contribution in [2.24, 2.45) is 5.73 Å². The van der Waals surface area contributed by atoms with E-state index in [-0.39, 0.29) is 5.91 Å². The standard InChI is InChI=1S/C14H20N4O/c15-9-11-8-10-2-1-3-12(10)17-14(11)18-6-4-13(19)16-5-7-18/h8H,1-7,9,15H2,(H,16,19). The van der Waals surface area contributed by atoms with Crippen LogP contribution in [0.3, 0.4) is 0 Å². The number of hydrogen-bond acceptors (Lipinski definition) is 4. The maximum Gasteiger partial charge on any atom is 0.221 e. The summed E-state index contributed by atoms with van der Waals surface area (Å²) in [7, 11) is 0. The fraction of sp³-hybridized carbons (Fsp3) is 0.571. The molecule has 0 aromatic carbocycles. The van der Waals surface area contributed by atoms with Gasteiger partial charge in [0.2, 0.25) is 5.91 Å². The summed E-state index contributed by atoms with van der Waals surface area (Å²) < 4.78 is 0. The van der Waals surface area contributed by atoms with E-state index in [9.17, 15) is 4.79 Å². The minimum absolute atomic E-state index is 0.123. The number of nitrogens with two attached hydrogens (primary N) is 1. The van der Waals surface area contributed by atoms with E-state index in [4.69, 9.17) is 10.7 Å². The van der Waals surface area contributed by atoms with Crippen molar-refractivity contribution in [3.8, 4) is 0 Å². The zero-order chi connectivity index (χ0) is 13.2. The Balaban J connectivity index is 1.92. The van der Waals surface area contributed by atoms with Crippen molar-refractivity contribution in [3.63, 3.8) is 0 Å². The Bertz CT molecular complexity index is 500. The van der Waals surface area contributed by atoms with Crippen molar-refractivity contribution in [2.45, 2.75) is 32.2 Å². The summed E-state index contributed by atoms with van der Waals surface area (Å²) in [5.41, 5.74) is 9.55. The van der Waals surface area contributed by atoms with E-state index in [0.29, 0.717) is 19.5 Å². The molecule has 0 atom stereocenters. The lowest BCUT2D eigenvalue weighted by Crippen LogP contribution is -2.30. The lowest BCUT2D eigenvalue weighted by atomic mass is 10.1. The Labute approximate surface area is 113 Å². The number of hydrogen-bond donors (Lipinski definition) is 2. The third kappa shape index (κ3) is 2.42. The minimum Gasteiger partial charge on any atom is -0.354 e. The van der Waals surface area contributed by atoms with Crippen LogP contribution in [0.1, 0.15) is 29.7 Å². The van der Waals surface area contributed by atoms with E-state index in [1.54, 1.807) is 0 Å². The van der Waals surface area contributed by atoms with E-state index in [1.807, 2.05) is 0 Å². The summed E-state index contributed by atoms with van der Waals surface area (Å²) in [6.45, 7) is 2.73. The van der Waals surface area contributed by atoms with Crippen molar-refractivity contribution in [1.82, 2.24) is 10.3 Å². The molecule has 1 aliphatic carbocycles. The predicted octanol–water partition coefficient (Wildman–Crippen LogP) is 0.355. The normalized spacial score (nSPS) is 19.0. The number of amides is 1. The second-order valence-corrected chi connectivity index (χ2v) is 5.22. The second-order valence-electron chi connectivity index (χ2n) is 5.22. The van der Waals surface area contributed by atoms with Gasteiger partial charge in [-0.2, -0.15) is 0 Å². The van der Waals surface area contributed by atoms with Gasteiger partial charge in [-0.3, -0.25) is 4.79 Å². The van der Waals surface area contributed by atoms with Crippen LogP contribution < -0.4 is 16.0 Å². The third-order valence-corrected chi connectivity index (χ3v) is 3.94. The van der Waals surface area contributed by atoms with Gasteiger partial charge < -0.3 is 16.0 Å². The summed E-state index contributed by atoms with van der Waals surface area (Å²) in [6, 6.07) is 2.21. The van der Waals surface area contributed by atoms with Crippen LogP contribution in [0.5, 0.6) is 0 Å². The molecule has 1 saturated heterocycles. The molecule has 0 saturated carbocycles. The van der Waals surface area contributed by atoms with Gasteiger partial charge in [-0.25, -0.2) is 4.98 Å². The molecule has 1 fully saturated rings. The molecule has 0 unspecified atom stereocenters. The van der Waals surface area contributed by atoms with Crippen molar-refractivity contribution in [3.05, 3.63) is 22.9 Å². The van der Waals surface area contributed by atoms with Gasteiger partial charge in [-0.05, 0) is 30.9 Å². The number of anilines is 1. The number of fused-ring (bicyclic) bond motifs is 1. The largest absolute Gasteiger partial charge is 0.354 e. The maximum atomic E-state index is 11.4. The fourth-order valence-electron chi connectivity index (χ4n) is 2.91. The van der Waals surface area contributed by atoms with Crippen LogP contribution in [0.2, 0.25) is 0 Å². The Morgan fingerprint density at radius 3 is 3.05 bits per heavy atom. The molecule has 2 aliphatic rings. The molecule has 1 aliphatic heterocycles. The molecule has 0 bridgehead atoms. The molecule has 5 nitrogen and oxygen atoms in total. The Morgan fingerprint density at radius 1 is 1.32 bits per heavy atom. The van der Waals surface area contributed by atoms with Crippen molar-refractivity contribution in [1.29, 1.82) is 0 Å². The molecule has 3 rings (SSSR count). The highest BCUT2D eigenvalue weighted by Gasteiger charge is 2.21. The molecular formula is C14H20N4O. The first kappa shape index (κ1) is 12.4. The van der Waals surface area contributed by atoms with E-state index in [2.05, 4.69) is 16.3 Å². The van der Waals surface area contributed by atoms with Crippen LogP contribution in [0.25, 0.3) is 0 Å². The first-order valence-corrected chi connectivity index (χ1v) is 7.01. The fourth-order valence-corrected chi connectivity index (χ4v) is 2.91. The molecule has 1 amide bonds. The minimum atomic E-state index is 0.123. The van der Waals surface area contributed by atoms with Crippen molar-refractivity contribution >= 4 is 11.7 Å². The number of nitrogens with one attached hydrogen (secondary N) is 1. The number of aromatic nitrogens is 1. The highest BCUT2D eigenvalue weighted by Crippen LogP contribution is 2.27. The smallest absolute Gasteiger partial charge is 0.221 e. The summed E-state index contributed by atoms with van der Waals surface area (Å²) in [4.78, 5) is 18.4. The maximum absolute atomic E-state index is 11.4. The van der Waals surface area contributed by atoms with Crippen molar-refractivity contribution < 1.29 is 4.79 Å². The Kier molecular flexibility index (Phi) is 3.38. The van der Waals surface area contributed by atoms with E-state index in [1.165, 1.54) is 17.7 Å². The zero-order valence-electron chi connectivity index (χ0n) is 11.1. The van der Waals surface area contributed by atoms with Gasteiger partial charge in [0.15, 0.2) is 0 Å². The molecule has 102 valence electrons. The number of carbonyl (C=O) groups excluding carboxylic acids is 1. The van der Waals surface area contributed by atoms with Gasteiger partial charge in [0.05, 0.1) is 0 Å². The summed E-state index contributed by atoms with van der Waals surface area (Å²) in [5, 5.41) is 2.89. The van der Waals surface area contributed by atoms with Gasteiger partial charge in [-0.1, -0.05) is 0 Å². The van der Waals surface area contributed by atoms with Crippen molar-refractivity contribution in [2.75, 3.05) is 24.5 Å². The highest BCUT2D eigenvalue weighted by molar-refractivity contribution is 5.77. The third-order valence-electron chi connectivity index (χ3n) is 3.94. The molecule has 5 heteroatoms. The summed E-state index contributed by atoms with van der Waals surface area (Å²) in [5.74, 6) is 1.11. The zero-order valence-corrected chi connectivity index (χ0v) is 11.1. The Morgan fingerprint density at radius 2 is 2.21 bits per heavy atom. The number of carbonyl (C=O) groups is 1. The first-order chi connectivity index (χ1) is 9.28. The van der Waals surface area contributed by atoms with Gasteiger partial charge in [0.1, 0.15) is 5.82 Å². The molecule has 2 heterocycles. The molecule has 1 aromatic rings. The number of rotatable bonds is 2. The van der Waals surface area contributed by atoms with Gasteiger partial charge in [-0.15, -0.1) is 0 Å². The molecule has 0 spiro atoms. The summed E-state index contributed by atoms with van der Waals surface area (Å²) in [6.07, 6.45) is 3.91. The second kappa shape index (κ2) is 5.17. The van der Waals surface area contributed by atoms with Crippen LogP contribution >= 0.6 is 0 Å². The van der Waals surface area contributed by atoms with E-state index in [0.717, 1.165) is 37.3 Å². The molecular weight excluding hydrogens is 240 g/mol. The number of nitrogens with zero attached hydrogens (tertiary/aromatic N) is 2. The monoisotopic (exact) mass is 260 g/mol. The SMILES string of the molecule is NCc1cc2c(nc1N1CCNC(=O)CC1)CCC2. The Hall–Kier alpha value is -1.62. The molecule has 3 N–H and O–H groups in total. The molecule has 1 aromatic heterocycles. The summed E-state index contributed by atoms with van der Waals surface area (Å²) >= 11 is 0. The topological polar surface area (TPSA) is 71.2 Å². The first-order valence-electron chi connectivity index (χ1n) is 7.01. The lowest BCUT2D eigenvalue weighted by Gasteiger charge is -2.24.